The molecule has 0 aliphatic carbocycles. The van der Waals surface area contributed by atoms with E-state index in [1.807, 2.05) is 52.9 Å². The highest BCUT2D eigenvalue weighted by molar-refractivity contribution is 14.1. The number of aromatic hydroxyl groups is 1. The number of anilines is 1. The highest BCUT2D eigenvalue weighted by Gasteiger charge is 2.33. The number of methoxy groups -OCH3 is 1. The molecule has 0 radical (unpaired) electrons. The van der Waals surface area contributed by atoms with E-state index in [1.165, 1.54) is 23.8 Å². The highest BCUT2D eigenvalue weighted by Crippen LogP contribution is 2.38. The second-order valence-corrected chi connectivity index (χ2v) is 9.32. The van der Waals surface area contributed by atoms with E-state index in [0.29, 0.717) is 30.0 Å². The fraction of sp³-hybridized carbons (Fsp3) is 0.0435. The van der Waals surface area contributed by atoms with Crippen LogP contribution in [0.15, 0.2) is 71.6 Å². The normalized spacial score (nSPS) is 14.9. The predicted molar refractivity (Wildman–Crippen MR) is 136 cm³/mol. The summed E-state index contributed by atoms with van der Waals surface area (Å²) >= 11 is 8.71. The molecule has 1 saturated heterocycles. The number of rotatable bonds is 5. The molecule has 156 valence electrons. The largest absolute Gasteiger partial charge is 0.504 e. The van der Waals surface area contributed by atoms with Crippen molar-refractivity contribution in [2.45, 2.75) is 0 Å². The first-order chi connectivity index (χ1) is 15.0. The summed E-state index contributed by atoms with van der Waals surface area (Å²) < 4.78 is 12.1. The molecule has 3 aromatic rings. The van der Waals surface area contributed by atoms with Gasteiger partial charge in [-0.15, -0.1) is 0 Å². The Kier molecular flexibility index (Phi) is 6.49. The van der Waals surface area contributed by atoms with Crippen LogP contribution in [0.5, 0.6) is 23.0 Å². The molecular weight excluding hydrogens is 545 g/mol. The summed E-state index contributed by atoms with van der Waals surface area (Å²) in [5, 5.41) is 10.0. The van der Waals surface area contributed by atoms with Gasteiger partial charge in [0.1, 0.15) is 11.5 Å². The van der Waals surface area contributed by atoms with Crippen molar-refractivity contribution in [2.75, 3.05) is 12.0 Å². The lowest BCUT2D eigenvalue weighted by Crippen LogP contribution is -2.27. The minimum Gasteiger partial charge on any atom is -0.504 e. The molecule has 1 fully saturated rings. The average molecular weight is 561 g/mol. The van der Waals surface area contributed by atoms with Crippen molar-refractivity contribution >= 4 is 68.6 Å². The van der Waals surface area contributed by atoms with Crippen LogP contribution >= 0.6 is 46.6 Å². The molecule has 0 aromatic heterocycles. The molecule has 1 aliphatic rings. The Morgan fingerprint density at radius 1 is 1.06 bits per heavy atom. The topological polar surface area (TPSA) is 59.0 Å². The van der Waals surface area contributed by atoms with Gasteiger partial charge in [-0.05, 0) is 82.8 Å². The van der Waals surface area contributed by atoms with Crippen LogP contribution in [0.4, 0.5) is 5.69 Å². The van der Waals surface area contributed by atoms with Crippen LogP contribution in [0.1, 0.15) is 5.56 Å². The van der Waals surface area contributed by atoms with Crippen molar-refractivity contribution in [1.82, 2.24) is 0 Å². The van der Waals surface area contributed by atoms with E-state index in [1.54, 1.807) is 42.5 Å². The number of ether oxygens (including phenoxy) is 2. The van der Waals surface area contributed by atoms with Crippen molar-refractivity contribution in [1.29, 1.82) is 0 Å². The van der Waals surface area contributed by atoms with Crippen LogP contribution in [0.25, 0.3) is 6.08 Å². The molecule has 0 bridgehead atoms. The number of amides is 1. The summed E-state index contributed by atoms with van der Waals surface area (Å²) in [5.41, 5.74) is 1.41. The molecule has 1 heterocycles. The number of carbonyl (C=O) groups is 1. The van der Waals surface area contributed by atoms with Crippen molar-refractivity contribution in [2.24, 2.45) is 0 Å². The van der Waals surface area contributed by atoms with Gasteiger partial charge in [0.25, 0.3) is 5.91 Å². The maximum atomic E-state index is 13.0. The van der Waals surface area contributed by atoms with Crippen LogP contribution in [-0.2, 0) is 4.79 Å². The standard InChI is InChI=1S/C23H16INO4S2/c1-28-19-12-14(11-18(24)21(19)26)13-20-22(27)25(23(30)31-20)15-7-9-17(10-8-15)29-16-5-3-2-4-6-16/h2-13,26H,1H3/b20-13-. The molecule has 0 unspecified atom stereocenters. The zero-order chi connectivity index (χ0) is 22.0. The summed E-state index contributed by atoms with van der Waals surface area (Å²) in [6.45, 7) is 0. The molecule has 1 amide bonds. The van der Waals surface area contributed by atoms with Gasteiger partial charge in [0.05, 0.1) is 21.3 Å². The third-order valence-electron chi connectivity index (χ3n) is 4.44. The zero-order valence-electron chi connectivity index (χ0n) is 16.2. The number of para-hydroxylation sites is 1. The first-order valence-electron chi connectivity index (χ1n) is 9.13. The number of halogens is 1. The molecule has 31 heavy (non-hydrogen) atoms. The summed E-state index contributed by atoms with van der Waals surface area (Å²) in [5.74, 6) is 1.63. The number of nitrogens with zero attached hydrogens (tertiary/aromatic N) is 1. The smallest absolute Gasteiger partial charge is 0.270 e. The lowest BCUT2D eigenvalue weighted by Gasteiger charge is -2.15. The third kappa shape index (κ3) is 4.70. The average Bonchev–Trinajstić information content (AvgIpc) is 3.04. The van der Waals surface area contributed by atoms with E-state index < -0.39 is 0 Å². The second kappa shape index (κ2) is 9.29. The molecule has 3 aromatic carbocycles. The van der Waals surface area contributed by atoms with Gasteiger partial charge in [-0.1, -0.05) is 42.2 Å². The van der Waals surface area contributed by atoms with Crippen LogP contribution < -0.4 is 14.4 Å². The van der Waals surface area contributed by atoms with Crippen LogP contribution in [0, 0.1) is 3.57 Å². The number of hydrogen-bond acceptors (Lipinski definition) is 6. The lowest BCUT2D eigenvalue weighted by atomic mass is 10.2. The maximum absolute atomic E-state index is 13.0. The highest BCUT2D eigenvalue weighted by atomic mass is 127. The van der Waals surface area contributed by atoms with E-state index in [4.69, 9.17) is 21.7 Å². The molecule has 8 heteroatoms. The van der Waals surface area contributed by atoms with E-state index in [2.05, 4.69) is 0 Å². The van der Waals surface area contributed by atoms with Gasteiger partial charge >= 0.3 is 0 Å². The maximum Gasteiger partial charge on any atom is 0.270 e. The molecule has 0 spiro atoms. The lowest BCUT2D eigenvalue weighted by molar-refractivity contribution is -0.113. The third-order valence-corrected chi connectivity index (χ3v) is 6.56. The van der Waals surface area contributed by atoms with Gasteiger partial charge in [0.2, 0.25) is 0 Å². The second-order valence-electron chi connectivity index (χ2n) is 6.48. The van der Waals surface area contributed by atoms with Gasteiger partial charge in [0, 0.05) is 0 Å². The minimum atomic E-state index is -0.200. The fourth-order valence-corrected chi connectivity index (χ4v) is 4.89. The number of carbonyl (C=O) groups excluding carboxylic acids is 1. The SMILES string of the molecule is COc1cc(/C=C2\SC(=S)N(c3ccc(Oc4ccccc4)cc3)C2=O)cc(I)c1O. The Labute approximate surface area is 202 Å². The minimum absolute atomic E-state index is 0.0746. The molecule has 5 nitrogen and oxygen atoms in total. The van der Waals surface area contributed by atoms with E-state index in [9.17, 15) is 9.90 Å². The molecule has 1 aliphatic heterocycles. The molecule has 0 saturated carbocycles. The number of thiocarbonyl (C=S) groups is 1. The van der Waals surface area contributed by atoms with Gasteiger partial charge in [0.15, 0.2) is 15.8 Å². The van der Waals surface area contributed by atoms with Gasteiger partial charge < -0.3 is 14.6 Å². The monoisotopic (exact) mass is 561 g/mol. The molecule has 4 rings (SSSR count). The van der Waals surface area contributed by atoms with Crippen LogP contribution in [-0.4, -0.2) is 22.4 Å². The van der Waals surface area contributed by atoms with E-state index >= 15 is 0 Å². The Hall–Kier alpha value is -2.56. The number of hydrogen-bond donors (Lipinski definition) is 1. The van der Waals surface area contributed by atoms with E-state index in [-0.39, 0.29) is 11.7 Å². The Morgan fingerprint density at radius 2 is 1.74 bits per heavy atom. The number of thioether (sulfide) groups is 1. The molecular formula is C23H16INO4S2. The van der Waals surface area contributed by atoms with Crippen LogP contribution in [0.2, 0.25) is 0 Å². The van der Waals surface area contributed by atoms with Crippen molar-refractivity contribution in [3.8, 4) is 23.0 Å². The van der Waals surface area contributed by atoms with Crippen molar-refractivity contribution < 1.29 is 19.4 Å². The Morgan fingerprint density at radius 3 is 2.42 bits per heavy atom. The van der Waals surface area contributed by atoms with Gasteiger partial charge in [-0.2, -0.15) is 0 Å². The first kappa shape index (κ1) is 21.7. The summed E-state index contributed by atoms with van der Waals surface area (Å²) in [7, 11) is 1.49. The quantitative estimate of drug-likeness (QED) is 0.227. The van der Waals surface area contributed by atoms with Gasteiger partial charge in [-0.25, -0.2) is 0 Å². The predicted octanol–water partition coefficient (Wildman–Crippen LogP) is 6.20. The first-order valence-corrected chi connectivity index (χ1v) is 11.4. The van der Waals surface area contributed by atoms with Crippen molar-refractivity contribution in [3.63, 3.8) is 0 Å². The zero-order valence-corrected chi connectivity index (χ0v) is 20.0. The Balaban J connectivity index is 1.56. The Bertz CT molecular complexity index is 1180. The van der Waals surface area contributed by atoms with Crippen molar-refractivity contribution in [3.05, 3.63) is 80.8 Å². The number of phenolic OH excluding ortho intramolecular Hbond substituents is 1. The fourth-order valence-electron chi connectivity index (χ4n) is 2.96. The summed E-state index contributed by atoms with van der Waals surface area (Å²) in [6, 6.07) is 20.2. The van der Waals surface area contributed by atoms with E-state index in [0.717, 1.165) is 11.3 Å². The summed E-state index contributed by atoms with van der Waals surface area (Å²) in [6.07, 6.45) is 1.75. The summed E-state index contributed by atoms with van der Waals surface area (Å²) in [4.78, 5) is 15.0. The van der Waals surface area contributed by atoms with Crippen LogP contribution in [0.3, 0.4) is 0 Å². The molecule has 0 atom stereocenters. The molecule has 1 N–H and O–H groups in total. The number of phenols is 1. The number of benzene rings is 3. The van der Waals surface area contributed by atoms with Gasteiger partial charge in [-0.3, -0.25) is 9.69 Å².